The molecule has 1 fully saturated rings. The monoisotopic (exact) mass is 339 g/mol. The van der Waals surface area contributed by atoms with Gasteiger partial charge in [0.2, 0.25) is 5.91 Å². The molecule has 2 aromatic carbocycles. The molecule has 7 heteroatoms. The number of amides is 2. The SMILES string of the molecule is Cc1cccc(C(=O)Nc2cccc(N3CCCC3=O)c2)c1[N+](=O)[O-]. The minimum absolute atomic E-state index is 0.00709. The van der Waals surface area contributed by atoms with Crippen molar-refractivity contribution in [3.63, 3.8) is 0 Å². The predicted molar refractivity (Wildman–Crippen MR) is 93.8 cm³/mol. The van der Waals surface area contributed by atoms with Gasteiger partial charge in [0.05, 0.1) is 4.92 Å². The van der Waals surface area contributed by atoms with Crippen LogP contribution in [0.4, 0.5) is 17.1 Å². The lowest BCUT2D eigenvalue weighted by Gasteiger charge is -2.16. The normalized spacial score (nSPS) is 13.8. The largest absolute Gasteiger partial charge is 0.322 e. The van der Waals surface area contributed by atoms with E-state index >= 15 is 0 Å². The molecule has 25 heavy (non-hydrogen) atoms. The van der Waals surface area contributed by atoms with Crippen LogP contribution >= 0.6 is 0 Å². The number of nitrogens with zero attached hydrogens (tertiary/aromatic N) is 2. The number of benzene rings is 2. The molecule has 1 aliphatic heterocycles. The number of carbonyl (C=O) groups is 2. The number of nitro benzene ring substituents is 1. The number of nitrogens with one attached hydrogen (secondary N) is 1. The molecule has 7 nitrogen and oxygen atoms in total. The van der Waals surface area contributed by atoms with Gasteiger partial charge in [-0.15, -0.1) is 0 Å². The fourth-order valence-corrected chi connectivity index (χ4v) is 2.96. The van der Waals surface area contributed by atoms with E-state index < -0.39 is 10.8 Å². The molecule has 1 N–H and O–H groups in total. The Hall–Kier alpha value is -3.22. The molecule has 0 unspecified atom stereocenters. The molecular formula is C18H17N3O4. The summed E-state index contributed by atoms with van der Waals surface area (Å²) in [6, 6.07) is 11.5. The maximum absolute atomic E-state index is 12.5. The average Bonchev–Trinajstić information content (AvgIpc) is 3.00. The lowest BCUT2D eigenvalue weighted by Crippen LogP contribution is -2.23. The fourth-order valence-electron chi connectivity index (χ4n) is 2.96. The van der Waals surface area contributed by atoms with Crippen LogP contribution in [0.5, 0.6) is 0 Å². The number of carbonyl (C=O) groups excluding carboxylic acids is 2. The molecule has 128 valence electrons. The summed E-state index contributed by atoms with van der Waals surface area (Å²) in [7, 11) is 0. The minimum atomic E-state index is -0.555. The Bertz CT molecular complexity index is 863. The standard InChI is InChI=1S/C18H17N3O4/c1-12-5-2-8-15(17(12)21(24)25)18(23)19-13-6-3-7-14(11-13)20-10-4-9-16(20)22/h2-3,5-8,11H,4,9-10H2,1H3,(H,19,23). The van der Waals surface area contributed by atoms with Crippen LogP contribution in [0.15, 0.2) is 42.5 Å². The van der Waals surface area contributed by atoms with Gasteiger partial charge in [-0.2, -0.15) is 0 Å². The van der Waals surface area contributed by atoms with Crippen LogP contribution < -0.4 is 10.2 Å². The van der Waals surface area contributed by atoms with Crippen molar-refractivity contribution in [1.29, 1.82) is 0 Å². The number of hydrogen-bond donors (Lipinski definition) is 1. The van der Waals surface area contributed by atoms with Gasteiger partial charge in [0, 0.05) is 29.9 Å². The van der Waals surface area contributed by atoms with Crippen molar-refractivity contribution >= 4 is 28.9 Å². The molecule has 0 radical (unpaired) electrons. The number of aryl methyl sites for hydroxylation is 1. The van der Waals surface area contributed by atoms with Crippen molar-refractivity contribution in [2.45, 2.75) is 19.8 Å². The Kier molecular flexibility index (Phi) is 4.47. The summed E-state index contributed by atoms with van der Waals surface area (Å²) in [4.78, 5) is 36.7. The fraction of sp³-hybridized carbons (Fsp3) is 0.222. The first-order chi connectivity index (χ1) is 12.0. The summed E-state index contributed by atoms with van der Waals surface area (Å²) >= 11 is 0. The Labute approximate surface area is 144 Å². The van der Waals surface area contributed by atoms with Crippen LogP contribution in [0.2, 0.25) is 0 Å². The third-order valence-electron chi connectivity index (χ3n) is 4.15. The van der Waals surface area contributed by atoms with Gasteiger partial charge in [0.25, 0.3) is 11.6 Å². The average molecular weight is 339 g/mol. The number of rotatable bonds is 4. The van der Waals surface area contributed by atoms with Crippen LogP contribution in [0.25, 0.3) is 0 Å². The lowest BCUT2D eigenvalue weighted by molar-refractivity contribution is -0.385. The summed E-state index contributed by atoms with van der Waals surface area (Å²) in [5.41, 5.74) is 1.42. The van der Waals surface area contributed by atoms with Crippen molar-refractivity contribution in [1.82, 2.24) is 0 Å². The summed E-state index contributed by atoms with van der Waals surface area (Å²) in [5, 5.41) is 13.9. The zero-order valence-corrected chi connectivity index (χ0v) is 13.7. The van der Waals surface area contributed by atoms with E-state index in [-0.39, 0.29) is 17.2 Å². The zero-order chi connectivity index (χ0) is 18.0. The van der Waals surface area contributed by atoms with Crippen molar-refractivity contribution in [3.8, 4) is 0 Å². The van der Waals surface area contributed by atoms with Gasteiger partial charge in [0.15, 0.2) is 0 Å². The second kappa shape index (κ2) is 6.72. The van der Waals surface area contributed by atoms with Gasteiger partial charge >= 0.3 is 0 Å². The highest BCUT2D eigenvalue weighted by Gasteiger charge is 2.24. The van der Waals surface area contributed by atoms with E-state index in [1.54, 1.807) is 48.2 Å². The summed E-state index contributed by atoms with van der Waals surface area (Å²) in [6.45, 7) is 2.24. The first kappa shape index (κ1) is 16.6. The Morgan fingerprint density at radius 3 is 2.68 bits per heavy atom. The van der Waals surface area contributed by atoms with Gasteiger partial charge in [-0.25, -0.2) is 0 Å². The molecule has 0 aliphatic carbocycles. The molecule has 0 spiro atoms. The summed E-state index contributed by atoms with van der Waals surface area (Å²) in [6.07, 6.45) is 1.33. The van der Waals surface area contributed by atoms with Crippen molar-refractivity contribution in [2.75, 3.05) is 16.8 Å². The van der Waals surface area contributed by atoms with E-state index in [9.17, 15) is 19.7 Å². The highest BCUT2D eigenvalue weighted by Crippen LogP contribution is 2.27. The van der Waals surface area contributed by atoms with Crippen LogP contribution in [-0.4, -0.2) is 23.3 Å². The molecule has 2 amide bonds. The second-order valence-corrected chi connectivity index (χ2v) is 5.88. The second-order valence-electron chi connectivity index (χ2n) is 5.88. The molecule has 1 aliphatic rings. The van der Waals surface area contributed by atoms with Crippen molar-refractivity contribution in [2.24, 2.45) is 0 Å². The molecular weight excluding hydrogens is 322 g/mol. The zero-order valence-electron chi connectivity index (χ0n) is 13.7. The molecule has 0 saturated carbocycles. The minimum Gasteiger partial charge on any atom is -0.322 e. The Morgan fingerprint density at radius 2 is 2.00 bits per heavy atom. The van der Waals surface area contributed by atoms with Gasteiger partial charge in [-0.1, -0.05) is 18.2 Å². The van der Waals surface area contributed by atoms with Crippen LogP contribution in [0.3, 0.4) is 0 Å². The van der Waals surface area contributed by atoms with E-state index in [1.807, 2.05) is 0 Å². The Morgan fingerprint density at radius 1 is 1.24 bits per heavy atom. The predicted octanol–water partition coefficient (Wildman–Crippen LogP) is 3.28. The third kappa shape index (κ3) is 3.35. The highest BCUT2D eigenvalue weighted by molar-refractivity contribution is 6.07. The van der Waals surface area contributed by atoms with Gasteiger partial charge in [-0.3, -0.25) is 19.7 Å². The molecule has 1 saturated heterocycles. The number of para-hydroxylation sites is 1. The summed E-state index contributed by atoms with van der Waals surface area (Å²) < 4.78 is 0. The van der Waals surface area contributed by atoms with E-state index in [0.717, 1.165) is 6.42 Å². The van der Waals surface area contributed by atoms with Gasteiger partial charge in [0.1, 0.15) is 5.56 Å². The number of hydrogen-bond acceptors (Lipinski definition) is 4. The van der Waals surface area contributed by atoms with Crippen LogP contribution in [0.1, 0.15) is 28.8 Å². The first-order valence-electron chi connectivity index (χ1n) is 7.93. The maximum Gasteiger partial charge on any atom is 0.285 e. The molecule has 2 aromatic rings. The summed E-state index contributed by atoms with van der Waals surface area (Å²) in [5.74, 6) is -0.502. The van der Waals surface area contributed by atoms with Crippen LogP contribution in [0, 0.1) is 17.0 Å². The molecule has 0 aromatic heterocycles. The smallest absolute Gasteiger partial charge is 0.285 e. The van der Waals surface area contributed by atoms with Crippen LogP contribution in [-0.2, 0) is 4.79 Å². The molecule has 3 rings (SSSR count). The first-order valence-corrected chi connectivity index (χ1v) is 7.93. The van der Waals surface area contributed by atoms with Crippen molar-refractivity contribution < 1.29 is 14.5 Å². The molecule has 1 heterocycles. The molecule has 0 atom stereocenters. The topological polar surface area (TPSA) is 92.6 Å². The third-order valence-corrected chi connectivity index (χ3v) is 4.15. The lowest BCUT2D eigenvalue weighted by atomic mass is 10.1. The van der Waals surface area contributed by atoms with Gasteiger partial charge in [-0.05, 0) is 37.6 Å². The van der Waals surface area contributed by atoms with E-state index in [4.69, 9.17) is 0 Å². The Balaban J connectivity index is 1.86. The highest BCUT2D eigenvalue weighted by atomic mass is 16.6. The van der Waals surface area contributed by atoms with Crippen molar-refractivity contribution in [3.05, 3.63) is 63.7 Å². The number of anilines is 2. The molecule has 0 bridgehead atoms. The van der Waals surface area contributed by atoms with E-state index in [1.165, 1.54) is 6.07 Å². The van der Waals surface area contributed by atoms with E-state index in [2.05, 4.69) is 5.32 Å². The number of nitro groups is 1. The van der Waals surface area contributed by atoms with E-state index in [0.29, 0.717) is 29.9 Å². The van der Waals surface area contributed by atoms with Gasteiger partial charge < -0.3 is 10.2 Å². The quantitative estimate of drug-likeness (QED) is 0.683. The maximum atomic E-state index is 12.5.